The molecule has 1 rings (SSSR count). The Hall–Kier alpha value is -0.550. The first-order chi connectivity index (χ1) is 8.77. The van der Waals surface area contributed by atoms with Gasteiger partial charge in [0, 0.05) is 19.6 Å². The van der Waals surface area contributed by atoms with Crippen molar-refractivity contribution in [1.29, 1.82) is 0 Å². The lowest BCUT2D eigenvalue weighted by Gasteiger charge is -2.18. The standard InChI is InChI=1S/C14H24N2OS/c1-3-16(4-2)12-10-15-11-13-18(17)14-8-6-5-7-9-14/h5-9,15H,3-4,10-13H2,1-2H3. The minimum absolute atomic E-state index is 0.683. The van der Waals surface area contributed by atoms with Crippen molar-refractivity contribution < 1.29 is 4.55 Å². The molecule has 18 heavy (non-hydrogen) atoms. The van der Waals surface area contributed by atoms with Crippen molar-refractivity contribution >= 4 is 11.2 Å². The Labute approximate surface area is 114 Å². The van der Waals surface area contributed by atoms with E-state index < -0.39 is 11.2 Å². The summed E-state index contributed by atoms with van der Waals surface area (Å²) in [7, 11) is 0. The van der Waals surface area contributed by atoms with E-state index in [2.05, 4.69) is 24.1 Å². The van der Waals surface area contributed by atoms with Gasteiger partial charge in [-0.2, -0.15) is 0 Å². The van der Waals surface area contributed by atoms with Gasteiger partial charge in [-0.05, 0) is 36.4 Å². The highest BCUT2D eigenvalue weighted by Crippen LogP contribution is 2.08. The van der Waals surface area contributed by atoms with Crippen LogP contribution in [0.1, 0.15) is 13.8 Å². The fourth-order valence-electron chi connectivity index (χ4n) is 1.76. The van der Waals surface area contributed by atoms with Gasteiger partial charge >= 0.3 is 0 Å². The Kier molecular flexibility index (Phi) is 8.09. The number of nitrogens with zero attached hydrogens (tertiary/aromatic N) is 1. The zero-order valence-electron chi connectivity index (χ0n) is 11.4. The quantitative estimate of drug-likeness (QED) is 0.547. The minimum atomic E-state index is -0.877. The number of rotatable bonds is 9. The maximum Gasteiger partial charge on any atom is 0.152 e. The molecule has 0 aliphatic rings. The first-order valence-electron chi connectivity index (χ1n) is 6.64. The van der Waals surface area contributed by atoms with E-state index in [1.165, 1.54) is 0 Å². The molecule has 1 unspecified atom stereocenters. The van der Waals surface area contributed by atoms with Crippen molar-refractivity contribution in [2.75, 3.05) is 38.5 Å². The molecule has 0 aliphatic heterocycles. The molecule has 1 N–H and O–H groups in total. The lowest BCUT2D eigenvalue weighted by Crippen LogP contribution is -2.33. The van der Waals surface area contributed by atoms with Gasteiger partial charge in [0.2, 0.25) is 0 Å². The van der Waals surface area contributed by atoms with Gasteiger partial charge in [0.05, 0.1) is 0 Å². The number of benzene rings is 1. The van der Waals surface area contributed by atoms with Crippen LogP contribution in [0.4, 0.5) is 0 Å². The van der Waals surface area contributed by atoms with Crippen LogP contribution in [0, 0.1) is 0 Å². The van der Waals surface area contributed by atoms with Gasteiger partial charge in [-0.1, -0.05) is 32.0 Å². The molecule has 0 bridgehead atoms. The van der Waals surface area contributed by atoms with Crippen molar-refractivity contribution in [2.45, 2.75) is 18.7 Å². The van der Waals surface area contributed by atoms with Gasteiger partial charge in [-0.3, -0.25) is 0 Å². The molecule has 0 heterocycles. The highest BCUT2D eigenvalue weighted by atomic mass is 32.2. The third-order valence-corrected chi connectivity index (χ3v) is 4.34. The third kappa shape index (κ3) is 5.87. The van der Waals surface area contributed by atoms with Gasteiger partial charge in [0.15, 0.2) is 4.90 Å². The summed E-state index contributed by atoms with van der Waals surface area (Å²) < 4.78 is 11.9. The van der Waals surface area contributed by atoms with Crippen molar-refractivity contribution in [2.24, 2.45) is 0 Å². The Morgan fingerprint density at radius 1 is 1.11 bits per heavy atom. The van der Waals surface area contributed by atoms with Crippen LogP contribution >= 0.6 is 0 Å². The zero-order valence-corrected chi connectivity index (χ0v) is 12.2. The van der Waals surface area contributed by atoms with Crippen LogP contribution in [0.3, 0.4) is 0 Å². The molecule has 0 saturated carbocycles. The van der Waals surface area contributed by atoms with E-state index in [1.54, 1.807) is 0 Å². The van der Waals surface area contributed by atoms with Gasteiger partial charge in [-0.15, -0.1) is 0 Å². The maximum absolute atomic E-state index is 11.9. The predicted octanol–water partition coefficient (Wildman–Crippen LogP) is 1.73. The van der Waals surface area contributed by atoms with Crippen LogP contribution in [-0.2, 0) is 11.2 Å². The molecule has 0 radical (unpaired) electrons. The largest absolute Gasteiger partial charge is 0.611 e. The van der Waals surface area contributed by atoms with Gasteiger partial charge in [0.25, 0.3) is 0 Å². The number of hydrogen-bond acceptors (Lipinski definition) is 3. The molecular weight excluding hydrogens is 244 g/mol. The Bertz CT molecular complexity index is 304. The second-order valence-corrected chi connectivity index (χ2v) is 5.71. The average Bonchev–Trinajstić information content (AvgIpc) is 2.43. The van der Waals surface area contributed by atoms with Crippen LogP contribution in [0.5, 0.6) is 0 Å². The molecule has 1 atom stereocenters. The molecular formula is C14H24N2OS. The van der Waals surface area contributed by atoms with Crippen LogP contribution in [0.15, 0.2) is 35.2 Å². The molecule has 3 nitrogen and oxygen atoms in total. The summed E-state index contributed by atoms with van der Waals surface area (Å²) in [5, 5.41) is 3.35. The van der Waals surface area contributed by atoms with E-state index in [4.69, 9.17) is 0 Å². The normalized spacial score (nSPS) is 12.9. The average molecular weight is 268 g/mol. The van der Waals surface area contributed by atoms with E-state index >= 15 is 0 Å². The van der Waals surface area contributed by atoms with Crippen molar-refractivity contribution in [3.63, 3.8) is 0 Å². The van der Waals surface area contributed by atoms with E-state index in [0.29, 0.717) is 5.75 Å². The molecule has 0 aliphatic carbocycles. The molecule has 102 valence electrons. The van der Waals surface area contributed by atoms with Gasteiger partial charge < -0.3 is 14.8 Å². The SMILES string of the molecule is CCN(CC)CCNCC[S+]([O-])c1ccccc1. The van der Waals surface area contributed by atoms with E-state index in [9.17, 15) is 4.55 Å². The molecule has 0 aromatic heterocycles. The first kappa shape index (κ1) is 15.5. The number of hydrogen-bond donors (Lipinski definition) is 1. The molecule has 0 amide bonds. The smallest absolute Gasteiger partial charge is 0.152 e. The second-order valence-electron chi connectivity index (χ2n) is 4.14. The topological polar surface area (TPSA) is 38.3 Å². The van der Waals surface area contributed by atoms with Crippen molar-refractivity contribution in [3.05, 3.63) is 30.3 Å². The molecule has 0 spiro atoms. The Balaban J connectivity index is 2.11. The predicted molar refractivity (Wildman–Crippen MR) is 78.4 cm³/mol. The lowest BCUT2D eigenvalue weighted by molar-refractivity contribution is 0.303. The molecule has 0 fully saturated rings. The summed E-state index contributed by atoms with van der Waals surface area (Å²) in [6.45, 7) is 9.37. The fraction of sp³-hybridized carbons (Fsp3) is 0.571. The molecule has 1 aromatic carbocycles. The molecule has 1 aromatic rings. The molecule has 0 saturated heterocycles. The Morgan fingerprint density at radius 2 is 1.78 bits per heavy atom. The summed E-state index contributed by atoms with van der Waals surface area (Å²) in [4.78, 5) is 3.30. The minimum Gasteiger partial charge on any atom is -0.611 e. The van der Waals surface area contributed by atoms with Gasteiger partial charge in [-0.25, -0.2) is 0 Å². The summed E-state index contributed by atoms with van der Waals surface area (Å²) in [5.41, 5.74) is 0. The highest BCUT2D eigenvalue weighted by molar-refractivity contribution is 7.91. The highest BCUT2D eigenvalue weighted by Gasteiger charge is 2.08. The fourth-order valence-corrected chi connectivity index (χ4v) is 2.78. The lowest BCUT2D eigenvalue weighted by atomic mass is 10.4. The maximum atomic E-state index is 11.9. The van der Waals surface area contributed by atoms with Crippen molar-refractivity contribution in [1.82, 2.24) is 10.2 Å². The zero-order chi connectivity index (χ0) is 13.2. The van der Waals surface area contributed by atoms with E-state index in [-0.39, 0.29) is 0 Å². The number of likely N-dealkylation sites (N-methyl/N-ethyl adjacent to an activating group) is 1. The van der Waals surface area contributed by atoms with Crippen LogP contribution in [0.2, 0.25) is 0 Å². The third-order valence-electron chi connectivity index (χ3n) is 2.97. The van der Waals surface area contributed by atoms with Gasteiger partial charge in [0.1, 0.15) is 5.75 Å². The summed E-state index contributed by atoms with van der Waals surface area (Å²) in [5.74, 6) is 0.683. The second kappa shape index (κ2) is 9.39. The number of nitrogens with one attached hydrogen (secondary N) is 1. The molecule has 4 heteroatoms. The monoisotopic (exact) mass is 268 g/mol. The summed E-state index contributed by atoms with van der Waals surface area (Å²) in [6, 6.07) is 9.66. The Morgan fingerprint density at radius 3 is 2.39 bits per heavy atom. The van der Waals surface area contributed by atoms with Crippen LogP contribution in [-0.4, -0.2) is 47.9 Å². The van der Waals surface area contributed by atoms with Crippen molar-refractivity contribution in [3.8, 4) is 0 Å². The summed E-state index contributed by atoms with van der Waals surface area (Å²) >= 11 is -0.877. The van der Waals surface area contributed by atoms with E-state index in [1.807, 2.05) is 30.3 Å². The first-order valence-corrected chi connectivity index (χ1v) is 7.96. The van der Waals surface area contributed by atoms with Crippen LogP contribution in [0.25, 0.3) is 0 Å². The summed E-state index contributed by atoms with van der Waals surface area (Å²) in [6.07, 6.45) is 0. The van der Waals surface area contributed by atoms with Crippen LogP contribution < -0.4 is 5.32 Å². The van der Waals surface area contributed by atoms with E-state index in [0.717, 1.165) is 37.6 Å².